The van der Waals surface area contributed by atoms with Gasteiger partial charge in [0.05, 0.1) is 6.10 Å². The maximum absolute atomic E-state index is 6.11. The Morgan fingerprint density at radius 2 is 2.06 bits per heavy atom. The van der Waals surface area contributed by atoms with Gasteiger partial charge in [-0.15, -0.1) is 0 Å². The summed E-state index contributed by atoms with van der Waals surface area (Å²) in [7, 11) is 1.74. The predicted octanol–water partition coefficient (Wildman–Crippen LogP) is 3.23. The van der Waals surface area contributed by atoms with Crippen LogP contribution in [-0.2, 0) is 9.47 Å². The minimum Gasteiger partial charge on any atom is -0.356 e. The second kappa shape index (κ2) is 3.61. The first kappa shape index (κ1) is 11.5. The number of methoxy groups -OCH3 is 1. The van der Waals surface area contributed by atoms with Gasteiger partial charge in [0.25, 0.3) is 0 Å². The predicted molar refractivity (Wildman–Crippen MR) is 69.9 cm³/mol. The first-order chi connectivity index (χ1) is 8.64. The third-order valence-corrected chi connectivity index (χ3v) is 6.69. The second-order valence-corrected chi connectivity index (χ2v) is 7.09. The molecule has 18 heavy (non-hydrogen) atoms. The summed E-state index contributed by atoms with van der Waals surface area (Å²) >= 11 is 0. The van der Waals surface area contributed by atoms with Gasteiger partial charge in [-0.1, -0.05) is 19.1 Å². The molecule has 0 amide bonds. The van der Waals surface area contributed by atoms with E-state index in [9.17, 15) is 0 Å². The van der Waals surface area contributed by atoms with E-state index in [1.54, 1.807) is 7.11 Å². The van der Waals surface area contributed by atoms with E-state index in [2.05, 4.69) is 19.1 Å². The monoisotopic (exact) mass is 248 g/mol. The highest BCUT2D eigenvalue weighted by Gasteiger charge is 2.67. The van der Waals surface area contributed by atoms with Crippen molar-refractivity contribution in [2.75, 3.05) is 7.11 Å². The van der Waals surface area contributed by atoms with Crippen LogP contribution in [0.25, 0.3) is 0 Å². The molecule has 0 aromatic carbocycles. The summed E-state index contributed by atoms with van der Waals surface area (Å²) in [6.45, 7) is 4.58. The number of allylic oxidation sites excluding steroid dienone is 2. The number of hydrogen-bond donors (Lipinski definition) is 0. The van der Waals surface area contributed by atoms with Crippen molar-refractivity contribution in [2.45, 2.75) is 45.5 Å². The third-order valence-electron chi connectivity index (χ3n) is 6.69. The molecule has 4 bridgehead atoms. The SMILES string of the molecule is COC(C)OC1CC2CC1C1C3C=CC(C3)C21C. The van der Waals surface area contributed by atoms with Gasteiger partial charge in [0.1, 0.15) is 0 Å². The Kier molecular flexibility index (Phi) is 2.30. The van der Waals surface area contributed by atoms with E-state index in [1.165, 1.54) is 19.3 Å². The second-order valence-electron chi connectivity index (χ2n) is 7.09. The highest BCUT2D eigenvalue weighted by Crippen LogP contribution is 2.72. The minimum atomic E-state index is -0.0465. The van der Waals surface area contributed by atoms with Gasteiger partial charge >= 0.3 is 0 Å². The first-order valence-electron chi connectivity index (χ1n) is 7.51. The lowest BCUT2D eigenvalue weighted by Crippen LogP contribution is -2.43. The molecular weight excluding hydrogens is 224 g/mol. The molecule has 3 fully saturated rings. The molecule has 8 atom stereocenters. The van der Waals surface area contributed by atoms with E-state index in [1.807, 2.05) is 6.92 Å². The molecule has 8 unspecified atom stereocenters. The van der Waals surface area contributed by atoms with Crippen LogP contribution in [0.15, 0.2) is 12.2 Å². The summed E-state index contributed by atoms with van der Waals surface area (Å²) in [6.07, 6.45) is 9.50. The van der Waals surface area contributed by atoms with Crippen LogP contribution < -0.4 is 0 Å². The van der Waals surface area contributed by atoms with Crippen LogP contribution in [0, 0.1) is 35.0 Å². The fourth-order valence-corrected chi connectivity index (χ4v) is 5.89. The number of rotatable bonds is 3. The number of fused-ring (bicyclic) bond motifs is 9. The van der Waals surface area contributed by atoms with Crippen molar-refractivity contribution >= 4 is 0 Å². The van der Waals surface area contributed by atoms with E-state index < -0.39 is 0 Å². The molecule has 100 valence electrons. The normalized spacial score (nSPS) is 57.3. The summed E-state index contributed by atoms with van der Waals surface area (Å²) in [5.74, 6) is 4.28. The molecule has 0 spiro atoms. The topological polar surface area (TPSA) is 18.5 Å². The van der Waals surface area contributed by atoms with E-state index in [0.717, 1.165) is 29.6 Å². The van der Waals surface area contributed by atoms with Crippen LogP contribution in [0.1, 0.15) is 33.1 Å². The maximum atomic E-state index is 6.11. The Bertz CT molecular complexity index is 391. The molecule has 0 aliphatic heterocycles. The van der Waals surface area contributed by atoms with Gasteiger partial charge in [0.15, 0.2) is 6.29 Å². The van der Waals surface area contributed by atoms with Crippen molar-refractivity contribution in [1.29, 1.82) is 0 Å². The smallest absolute Gasteiger partial charge is 0.154 e. The Hall–Kier alpha value is -0.340. The van der Waals surface area contributed by atoms with Crippen molar-refractivity contribution in [3.05, 3.63) is 12.2 Å². The van der Waals surface area contributed by atoms with Gasteiger partial charge < -0.3 is 9.47 Å². The Labute approximate surface area is 110 Å². The maximum Gasteiger partial charge on any atom is 0.154 e. The molecule has 4 rings (SSSR count). The van der Waals surface area contributed by atoms with Crippen LogP contribution in [0.2, 0.25) is 0 Å². The van der Waals surface area contributed by atoms with Crippen molar-refractivity contribution in [2.24, 2.45) is 35.0 Å². The summed E-state index contributed by atoms with van der Waals surface area (Å²) in [4.78, 5) is 0. The zero-order valence-corrected chi connectivity index (χ0v) is 11.6. The summed E-state index contributed by atoms with van der Waals surface area (Å²) < 4.78 is 11.4. The van der Waals surface area contributed by atoms with Crippen LogP contribution >= 0.6 is 0 Å². The van der Waals surface area contributed by atoms with E-state index in [4.69, 9.17) is 9.47 Å². The van der Waals surface area contributed by atoms with Crippen LogP contribution in [-0.4, -0.2) is 19.5 Å². The largest absolute Gasteiger partial charge is 0.356 e. The Balaban J connectivity index is 1.59. The van der Waals surface area contributed by atoms with Crippen molar-refractivity contribution in [3.8, 4) is 0 Å². The summed E-state index contributed by atoms with van der Waals surface area (Å²) in [5, 5.41) is 0. The van der Waals surface area contributed by atoms with E-state index in [-0.39, 0.29) is 6.29 Å². The highest BCUT2D eigenvalue weighted by molar-refractivity contribution is 5.25. The fourth-order valence-electron chi connectivity index (χ4n) is 5.89. The van der Waals surface area contributed by atoms with Gasteiger partial charge in [0.2, 0.25) is 0 Å². The van der Waals surface area contributed by atoms with Gasteiger partial charge in [0, 0.05) is 7.11 Å². The molecule has 0 N–H and O–H groups in total. The third kappa shape index (κ3) is 1.21. The number of ether oxygens (including phenoxy) is 2. The lowest BCUT2D eigenvalue weighted by molar-refractivity contribution is -0.170. The zero-order valence-electron chi connectivity index (χ0n) is 11.6. The van der Waals surface area contributed by atoms with E-state index >= 15 is 0 Å². The molecule has 2 nitrogen and oxygen atoms in total. The molecular formula is C16H24O2. The molecule has 4 aliphatic rings. The van der Waals surface area contributed by atoms with Gasteiger partial charge in [-0.3, -0.25) is 0 Å². The standard InChI is InChI=1S/C16H24O2/c1-9(17-3)18-14-8-12-7-13(14)15-10-4-5-11(6-10)16(12,15)2/h4-5,9-15H,6-8H2,1-3H3. The summed E-state index contributed by atoms with van der Waals surface area (Å²) in [5.41, 5.74) is 0.597. The molecule has 4 aliphatic carbocycles. The van der Waals surface area contributed by atoms with Gasteiger partial charge in [-0.05, 0) is 61.2 Å². The van der Waals surface area contributed by atoms with Crippen LogP contribution in [0.5, 0.6) is 0 Å². The molecule has 0 aromatic heterocycles. The van der Waals surface area contributed by atoms with Crippen molar-refractivity contribution in [3.63, 3.8) is 0 Å². The minimum absolute atomic E-state index is 0.0465. The van der Waals surface area contributed by atoms with E-state index in [0.29, 0.717) is 11.5 Å². The lowest BCUT2D eigenvalue weighted by Gasteiger charge is -2.45. The lowest BCUT2D eigenvalue weighted by atomic mass is 9.61. The van der Waals surface area contributed by atoms with Crippen LogP contribution in [0.3, 0.4) is 0 Å². The highest BCUT2D eigenvalue weighted by atomic mass is 16.7. The fraction of sp³-hybridized carbons (Fsp3) is 0.875. The average molecular weight is 248 g/mol. The van der Waals surface area contributed by atoms with Crippen molar-refractivity contribution < 1.29 is 9.47 Å². The van der Waals surface area contributed by atoms with Gasteiger partial charge in [-0.25, -0.2) is 0 Å². The van der Waals surface area contributed by atoms with Crippen molar-refractivity contribution in [1.82, 2.24) is 0 Å². The van der Waals surface area contributed by atoms with Gasteiger partial charge in [-0.2, -0.15) is 0 Å². The molecule has 0 aromatic rings. The summed E-state index contributed by atoms with van der Waals surface area (Å²) in [6, 6.07) is 0. The quantitative estimate of drug-likeness (QED) is 0.434. The average Bonchev–Trinajstić information content (AvgIpc) is 3.05. The number of hydrogen-bond acceptors (Lipinski definition) is 2. The molecule has 0 heterocycles. The Morgan fingerprint density at radius 1 is 1.22 bits per heavy atom. The molecule has 0 radical (unpaired) electrons. The molecule has 3 saturated carbocycles. The molecule has 2 heteroatoms. The zero-order chi connectivity index (χ0) is 12.5. The first-order valence-corrected chi connectivity index (χ1v) is 7.51. The van der Waals surface area contributed by atoms with Crippen LogP contribution in [0.4, 0.5) is 0 Å². The Morgan fingerprint density at radius 3 is 2.83 bits per heavy atom. The molecule has 0 saturated heterocycles.